The van der Waals surface area contributed by atoms with Crippen molar-refractivity contribution in [3.8, 4) is 0 Å². The smallest absolute Gasteiger partial charge is 0.246 e. The Bertz CT molecular complexity index is 1120. The largest absolute Gasteiger partial charge is 0.344 e. The number of hydrogen-bond donors (Lipinski definition) is 3. The number of nitrogens with zero attached hydrogens (tertiary/aromatic N) is 5. The molecule has 0 bridgehead atoms. The van der Waals surface area contributed by atoms with Gasteiger partial charge in [-0.2, -0.15) is 10.1 Å². The maximum atomic E-state index is 12.3. The Kier molecular flexibility index (Phi) is 6.47. The quantitative estimate of drug-likeness (QED) is 0.571. The Labute approximate surface area is 183 Å². The monoisotopic (exact) mass is 446 g/mol. The molecule has 2 atom stereocenters. The molecule has 1 amide bonds. The van der Waals surface area contributed by atoms with Crippen LogP contribution in [0.4, 0.5) is 10.1 Å². The number of allylic oxidation sites excluding steroid dienone is 1. The highest BCUT2D eigenvalue weighted by Gasteiger charge is 2.27. The number of aliphatic imine (C=N–C) groups is 1. The van der Waals surface area contributed by atoms with E-state index >= 15 is 0 Å². The fraction of sp³-hybridized carbons (Fsp3) is 0.400. The molecule has 31 heavy (non-hydrogen) atoms. The summed E-state index contributed by atoms with van der Waals surface area (Å²) in [5, 5.41) is 12.2. The first-order valence-electron chi connectivity index (χ1n) is 10.1. The Morgan fingerprint density at radius 3 is 3.13 bits per heavy atom. The van der Waals surface area contributed by atoms with Crippen molar-refractivity contribution in [2.45, 2.75) is 32.1 Å². The summed E-state index contributed by atoms with van der Waals surface area (Å²) in [5.74, 6) is 0.232. The highest BCUT2D eigenvalue weighted by Crippen LogP contribution is 2.13. The summed E-state index contributed by atoms with van der Waals surface area (Å²) >= 11 is 6.33. The van der Waals surface area contributed by atoms with Crippen LogP contribution in [0, 0.1) is 0 Å². The third-order valence-corrected chi connectivity index (χ3v) is 5.43. The maximum absolute atomic E-state index is 12.3. The summed E-state index contributed by atoms with van der Waals surface area (Å²) in [6.45, 7) is 3.24. The number of carbonyl (C=O) groups is 1. The van der Waals surface area contributed by atoms with E-state index < -0.39 is 12.8 Å². The number of alkyl halides is 1. The number of aryl methyl sites for hydroxylation is 1. The first kappa shape index (κ1) is 21.3. The van der Waals surface area contributed by atoms with Crippen LogP contribution >= 0.6 is 11.6 Å². The molecular formula is C20H24ClFN8O. The average Bonchev–Trinajstić information content (AvgIpc) is 3.46. The van der Waals surface area contributed by atoms with Gasteiger partial charge in [0.15, 0.2) is 0 Å². The van der Waals surface area contributed by atoms with E-state index in [4.69, 9.17) is 16.6 Å². The van der Waals surface area contributed by atoms with Crippen molar-refractivity contribution in [2.24, 2.45) is 9.98 Å². The van der Waals surface area contributed by atoms with E-state index in [1.54, 1.807) is 22.0 Å². The van der Waals surface area contributed by atoms with Crippen LogP contribution in [0.1, 0.15) is 13.3 Å². The van der Waals surface area contributed by atoms with Crippen molar-refractivity contribution >= 4 is 35.2 Å². The summed E-state index contributed by atoms with van der Waals surface area (Å²) in [7, 11) is 0. The van der Waals surface area contributed by atoms with Crippen molar-refractivity contribution in [3.05, 3.63) is 46.5 Å². The van der Waals surface area contributed by atoms with Gasteiger partial charge in [-0.3, -0.25) is 14.8 Å². The number of anilines is 1. The molecule has 164 valence electrons. The number of nitrogens with one attached hydrogen (secondary N) is 3. The molecule has 1 fully saturated rings. The fourth-order valence-corrected chi connectivity index (χ4v) is 3.78. The molecule has 0 saturated carbocycles. The molecule has 2 unspecified atom stereocenters. The molecular weight excluding hydrogens is 423 g/mol. The molecule has 0 radical (unpaired) electrons. The lowest BCUT2D eigenvalue weighted by Crippen LogP contribution is -2.40. The van der Waals surface area contributed by atoms with Gasteiger partial charge in [0.2, 0.25) is 11.9 Å². The SMILES string of the molecule is CCn1cc(NC2=NC(NC3CCN(C(=O)/C=C/CF)C3)C=c3c(Cl)c[nH]c3=N2)cn1. The molecule has 0 spiro atoms. The minimum Gasteiger partial charge on any atom is -0.344 e. The predicted octanol–water partition coefficient (Wildman–Crippen LogP) is 0.809. The van der Waals surface area contributed by atoms with E-state index in [1.807, 2.05) is 19.2 Å². The van der Waals surface area contributed by atoms with Gasteiger partial charge in [-0.1, -0.05) is 11.6 Å². The van der Waals surface area contributed by atoms with Gasteiger partial charge in [0.25, 0.3) is 0 Å². The zero-order valence-electron chi connectivity index (χ0n) is 17.1. The van der Waals surface area contributed by atoms with Crippen LogP contribution in [0.3, 0.4) is 0 Å². The minimum absolute atomic E-state index is 0.0380. The zero-order chi connectivity index (χ0) is 21.8. The number of aromatic amines is 1. The van der Waals surface area contributed by atoms with Crippen LogP contribution in [-0.2, 0) is 11.3 Å². The second-order valence-electron chi connectivity index (χ2n) is 7.28. The van der Waals surface area contributed by atoms with Gasteiger partial charge in [0.1, 0.15) is 18.3 Å². The standard InChI is InChI=1S/C20H24ClFN8O/c1-2-30-12-14(9-24-30)26-20-27-17(8-15-16(21)10-23-19(15)28-20)25-13-5-7-29(11-13)18(31)4-3-6-22/h3-4,8-10,12-13,17,25H,2,5-7,11H2,1H3,(H2,23,26,27,28)/b4-3+. The van der Waals surface area contributed by atoms with E-state index in [0.717, 1.165) is 23.9 Å². The fourth-order valence-electron chi connectivity index (χ4n) is 3.58. The predicted molar refractivity (Wildman–Crippen MR) is 117 cm³/mol. The molecule has 4 heterocycles. The molecule has 2 aliphatic rings. The lowest BCUT2D eigenvalue weighted by Gasteiger charge is -2.18. The molecule has 0 aliphatic carbocycles. The van der Waals surface area contributed by atoms with Gasteiger partial charge in [-0.25, -0.2) is 9.38 Å². The van der Waals surface area contributed by atoms with Gasteiger partial charge in [0.05, 0.1) is 16.9 Å². The minimum atomic E-state index is -0.650. The van der Waals surface area contributed by atoms with E-state index in [-0.39, 0.29) is 11.9 Å². The van der Waals surface area contributed by atoms with Crippen LogP contribution in [0.2, 0.25) is 5.02 Å². The second-order valence-corrected chi connectivity index (χ2v) is 7.69. The zero-order valence-corrected chi connectivity index (χ0v) is 17.8. The molecule has 0 aromatic carbocycles. The molecule has 2 aromatic heterocycles. The number of likely N-dealkylation sites (tertiary alicyclic amines) is 1. The molecule has 2 aliphatic heterocycles. The van der Waals surface area contributed by atoms with Crippen molar-refractivity contribution < 1.29 is 9.18 Å². The number of amides is 1. The second kappa shape index (κ2) is 9.44. The number of H-pyrrole nitrogens is 1. The molecule has 3 N–H and O–H groups in total. The van der Waals surface area contributed by atoms with Crippen LogP contribution < -0.4 is 21.3 Å². The third kappa shape index (κ3) is 5.02. The summed E-state index contributed by atoms with van der Waals surface area (Å²) < 4.78 is 14.1. The number of aromatic nitrogens is 3. The molecule has 4 rings (SSSR count). The van der Waals surface area contributed by atoms with Crippen LogP contribution in [0.15, 0.2) is 40.7 Å². The van der Waals surface area contributed by atoms with Crippen molar-refractivity contribution in [2.75, 3.05) is 25.1 Å². The number of fused-ring (bicyclic) bond motifs is 1. The van der Waals surface area contributed by atoms with Gasteiger partial charge < -0.3 is 15.2 Å². The summed E-state index contributed by atoms with van der Waals surface area (Å²) in [6, 6.07) is 0.0380. The maximum Gasteiger partial charge on any atom is 0.246 e. The number of guanidine groups is 1. The van der Waals surface area contributed by atoms with Gasteiger partial charge in [-0.05, 0) is 25.5 Å². The van der Waals surface area contributed by atoms with Crippen molar-refractivity contribution in [1.82, 2.24) is 25.0 Å². The topological polar surface area (TPSA) is 103 Å². The summed E-state index contributed by atoms with van der Waals surface area (Å²) in [4.78, 5) is 26.1. The van der Waals surface area contributed by atoms with Crippen LogP contribution in [-0.4, -0.2) is 63.5 Å². The van der Waals surface area contributed by atoms with E-state index in [2.05, 4.69) is 25.7 Å². The Morgan fingerprint density at radius 2 is 2.35 bits per heavy atom. The third-order valence-electron chi connectivity index (χ3n) is 5.12. The number of hydrogen-bond acceptors (Lipinski definition) is 6. The first-order valence-corrected chi connectivity index (χ1v) is 10.5. The normalized spacial score (nSPS) is 20.7. The summed E-state index contributed by atoms with van der Waals surface area (Å²) in [5.41, 5.74) is 1.39. The molecule has 11 heteroatoms. The number of carbonyl (C=O) groups excluding carboxylic acids is 1. The lowest BCUT2D eigenvalue weighted by molar-refractivity contribution is -0.125. The average molecular weight is 447 g/mol. The molecule has 9 nitrogen and oxygen atoms in total. The number of halogens is 2. The lowest BCUT2D eigenvalue weighted by atomic mass is 10.2. The highest BCUT2D eigenvalue weighted by atomic mass is 35.5. The van der Waals surface area contributed by atoms with E-state index in [1.165, 1.54) is 12.2 Å². The van der Waals surface area contributed by atoms with Crippen LogP contribution in [0.5, 0.6) is 0 Å². The highest BCUT2D eigenvalue weighted by molar-refractivity contribution is 6.30. The van der Waals surface area contributed by atoms with E-state index in [9.17, 15) is 9.18 Å². The first-order chi connectivity index (χ1) is 15.1. The van der Waals surface area contributed by atoms with Crippen molar-refractivity contribution in [1.29, 1.82) is 0 Å². The van der Waals surface area contributed by atoms with Crippen LogP contribution in [0.25, 0.3) is 6.08 Å². The van der Waals surface area contributed by atoms with Gasteiger partial charge in [0, 0.05) is 49.4 Å². The Morgan fingerprint density at radius 1 is 1.48 bits per heavy atom. The van der Waals surface area contributed by atoms with E-state index in [0.29, 0.717) is 29.6 Å². The van der Waals surface area contributed by atoms with Gasteiger partial charge in [-0.15, -0.1) is 0 Å². The molecule has 2 aromatic rings. The van der Waals surface area contributed by atoms with Crippen molar-refractivity contribution in [3.63, 3.8) is 0 Å². The Balaban J connectivity index is 1.53. The number of rotatable bonds is 6. The summed E-state index contributed by atoms with van der Waals surface area (Å²) in [6.07, 6.45) is 10.1. The van der Waals surface area contributed by atoms with Gasteiger partial charge >= 0.3 is 0 Å². The molecule has 1 saturated heterocycles. The Hall–Kier alpha value is -2.98.